The molecule has 12 heteroatoms. The summed E-state index contributed by atoms with van der Waals surface area (Å²) in [6.07, 6.45) is 2.43. The molecule has 2 aromatic rings. The Morgan fingerprint density at radius 2 is 1.94 bits per heavy atom. The summed E-state index contributed by atoms with van der Waals surface area (Å²) in [5, 5.41) is 13.6. The molecule has 0 radical (unpaired) electrons. The fraction of sp³-hybridized carbons (Fsp3) is 0.182. The van der Waals surface area contributed by atoms with Gasteiger partial charge < -0.3 is 9.47 Å². The van der Waals surface area contributed by atoms with E-state index in [1.54, 1.807) is 12.1 Å². The van der Waals surface area contributed by atoms with E-state index in [1.165, 1.54) is 6.08 Å². The molecule has 176 valence electrons. The molecule has 1 amide bonds. The Morgan fingerprint density at radius 3 is 2.62 bits per heavy atom. The summed E-state index contributed by atoms with van der Waals surface area (Å²) in [4.78, 5) is 16.5. The van der Waals surface area contributed by atoms with Crippen molar-refractivity contribution < 1.29 is 22.7 Å². The molecule has 9 nitrogen and oxygen atoms in total. The molecule has 0 saturated carbocycles. The number of amides is 1. The second kappa shape index (κ2) is 9.61. The van der Waals surface area contributed by atoms with E-state index in [0.717, 1.165) is 28.6 Å². The van der Waals surface area contributed by atoms with Gasteiger partial charge in [0.05, 0.1) is 17.2 Å². The first kappa shape index (κ1) is 24.0. The van der Waals surface area contributed by atoms with Crippen LogP contribution >= 0.6 is 23.4 Å². The maximum Gasteiger partial charge on any atom is 0.283 e. The second-order valence-corrected chi connectivity index (χ2v) is 10.7. The molecule has 0 fully saturated rings. The van der Waals surface area contributed by atoms with Crippen molar-refractivity contribution in [1.82, 2.24) is 5.01 Å². The number of fused-ring (bicyclic) bond motifs is 1. The minimum Gasteiger partial charge on any atom is -0.490 e. The number of sulfone groups is 1. The molecule has 0 spiro atoms. The Kier molecular flexibility index (Phi) is 6.78. The topological polar surface area (TPSA) is 121 Å². The van der Waals surface area contributed by atoms with Crippen LogP contribution in [0.2, 0.25) is 5.02 Å². The molecular formula is C22H19ClN4O5S2. The van der Waals surface area contributed by atoms with Crippen molar-refractivity contribution in [2.45, 2.75) is 13.5 Å². The SMILES string of the molecule is CCOc1cc(/C=C2\C(=N)N3N=C(S(C)(=O)=O)SC3=NC2=O)cc(Cl)c1OCc1ccccc1. The van der Waals surface area contributed by atoms with Crippen LogP contribution in [0.1, 0.15) is 18.1 Å². The lowest BCUT2D eigenvalue weighted by Gasteiger charge is -2.20. The van der Waals surface area contributed by atoms with Gasteiger partial charge in [0.15, 0.2) is 17.3 Å². The zero-order valence-electron chi connectivity index (χ0n) is 18.1. The molecule has 2 aliphatic rings. The van der Waals surface area contributed by atoms with Gasteiger partial charge >= 0.3 is 0 Å². The van der Waals surface area contributed by atoms with Gasteiger partial charge in [0.1, 0.15) is 6.61 Å². The molecule has 0 saturated heterocycles. The predicted octanol–water partition coefficient (Wildman–Crippen LogP) is 3.94. The lowest BCUT2D eigenvalue weighted by Crippen LogP contribution is -2.35. The minimum atomic E-state index is -3.61. The van der Waals surface area contributed by atoms with Crippen molar-refractivity contribution in [3.8, 4) is 11.5 Å². The molecule has 2 aromatic carbocycles. The lowest BCUT2D eigenvalue weighted by molar-refractivity contribution is -0.114. The van der Waals surface area contributed by atoms with Crippen LogP contribution in [0.3, 0.4) is 0 Å². The lowest BCUT2D eigenvalue weighted by atomic mass is 10.1. The van der Waals surface area contributed by atoms with Crippen molar-refractivity contribution in [1.29, 1.82) is 5.41 Å². The van der Waals surface area contributed by atoms with E-state index in [-0.39, 0.29) is 32.6 Å². The van der Waals surface area contributed by atoms with Crippen LogP contribution in [-0.4, -0.2) is 47.6 Å². The van der Waals surface area contributed by atoms with Crippen LogP contribution < -0.4 is 9.47 Å². The summed E-state index contributed by atoms with van der Waals surface area (Å²) >= 11 is 7.21. The molecule has 2 heterocycles. The van der Waals surface area contributed by atoms with Gasteiger partial charge in [-0.2, -0.15) is 10.0 Å². The Bertz CT molecular complexity index is 1370. The van der Waals surface area contributed by atoms with Gasteiger partial charge in [-0.1, -0.05) is 41.9 Å². The predicted molar refractivity (Wildman–Crippen MR) is 133 cm³/mol. The number of nitrogens with zero attached hydrogens (tertiary/aromatic N) is 3. The fourth-order valence-electron chi connectivity index (χ4n) is 3.10. The smallest absolute Gasteiger partial charge is 0.283 e. The number of hydrogen-bond donors (Lipinski definition) is 1. The number of nitrogens with one attached hydrogen (secondary N) is 1. The van der Waals surface area contributed by atoms with Gasteiger partial charge in [0, 0.05) is 6.26 Å². The molecule has 1 N–H and O–H groups in total. The van der Waals surface area contributed by atoms with Crippen LogP contribution in [-0.2, 0) is 21.2 Å². The quantitative estimate of drug-likeness (QED) is 0.575. The van der Waals surface area contributed by atoms with Crippen LogP contribution in [0.4, 0.5) is 0 Å². The van der Waals surface area contributed by atoms with Gasteiger partial charge in [-0.25, -0.2) is 8.42 Å². The fourth-order valence-corrected chi connectivity index (χ4v) is 5.05. The third-order valence-electron chi connectivity index (χ3n) is 4.62. The first-order valence-electron chi connectivity index (χ1n) is 10.0. The molecule has 0 unspecified atom stereocenters. The third-order valence-corrected chi connectivity index (χ3v) is 7.48. The van der Waals surface area contributed by atoms with Crippen molar-refractivity contribution in [3.05, 3.63) is 64.2 Å². The summed E-state index contributed by atoms with van der Waals surface area (Å²) in [5.41, 5.74) is 1.37. The van der Waals surface area contributed by atoms with Crippen molar-refractivity contribution in [3.63, 3.8) is 0 Å². The number of thioether (sulfide) groups is 1. The molecule has 4 rings (SSSR count). The molecule has 0 aliphatic carbocycles. The summed E-state index contributed by atoms with van der Waals surface area (Å²) < 4.78 is 35.0. The van der Waals surface area contributed by atoms with Crippen LogP contribution in [0.5, 0.6) is 11.5 Å². The van der Waals surface area contributed by atoms with E-state index >= 15 is 0 Å². The zero-order chi connectivity index (χ0) is 24.5. The highest BCUT2D eigenvalue weighted by atomic mass is 35.5. The van der Waals surface area contributed by atoms with Gasteiger partial charge in [0.2, 0.25) is 19.4 Å². The number of ether oxygens (including phenoxy) is 2. The minimum absolute atomic E-state index is 0.0188. The van der Waals surface area contributed by atoms with Crippen LogP contribution in [0, 0.1) is 5.41 Å². The summed E-state index contributed by atoms with van der Waals surface area (Å²) in [6, 6.07) is 12.8. The highest BCUT2D eigenvalue weighted by Crippen LogP contribution is 2.38. The van der Waals surface area contributed by atoms with Gasteiger partial charge in [-0.15, -0.1) is 5.10 Å². The summed E-state index contributed by atoms with van der Waals surface area (Å²) in [5.74, 6) is -0.240. The molecular weight excluding hydrogens is 500 g/mol. The largest absolute Gasteiger partial charge is 0.490 e. The normalized spacial score (nSPS) is 16.9. The Balaban J connectivity index is 1.65. The van der Waals surface area contributed by atoms with Crippen molar-refractivity contribution in [2.75, 3.05) is 12.9 Å². The Labute approximate surface area is 205 Å². The maximum atomic E-state index is 12.6. The number of rotatable bonds is 6. The molecule has 0 atom stereocenters. The maximum absolute atomic E-state index is 12.6. The molecule has 34 heavy (non-hydrogen) atoms. The van der Waals surface area contributed by atoms with E-state index in [2.05, 4.69) is 10.1 Å². The van der Waals surface area contributed by atoms with Crippen LogP contribution in [0.15, 0.2) is 58.1 Å². The molecule has 2 aliphatic heterocycles. The van der Waals surface area contributed by atoms with Crippen molar-refractivity contribution >= 4 is 60.6 Å². The standard InChI is InChI=1S/C22H19ClN4O5S2/c1-3-31-17-11-14(10-16(23)18(17)32-12-13-7-5-4-6-8-13)9-15-19(24)27-21(25-20(15)28)33-22(26-27)34(2,29)30/h4-11,24H,3,12H2,1-2H3/b15-9+,24-19?. The second-order valence-electron chi connectivity index (χ2n) is 7.20. The number of carbonyl (C=O) groups is 1. The van der Waals surface area contributed by atoms with E-state index in [4.69, 9.17) is 26.5 Å². The van der Waals surface area contributed by atoms with Crippen molar-refractivity contribution in [2.24, 2.45) is 10.1 Å². The monoisotopic (exact) mass is 518 g/mol. The Hall–Kier alpha value is -3.15. The zero-order valence-corrected chi connectivity index (χ0v) is 20.5. The van der Waals surface area contributed by atoms with E-state index in [0.29, 0.717) is 23.7 Å². The summed E-state index contributed by atoms with van der Waals surface area (Å²) in [6.45, 7) is 2.46. The number of hydrazone groups is 1. The average molecular weight is 519 g/mol. The van der Waals surface area contributed by atoms with Gasteiger partial charge in [0.25, 0.3) is 5.91 Å². The van der Waals surface area contributed by atoms with Gasteiger partial charge in [-0.3, -0.25) is 10.2 Å². The van der Waals surface area contributed by atoms with E-state index in [1.807, 2.05) is 37.3 Å². The number of carbonyl (C=O) groups excluding carboxylic acids is 1. The highest BCUT2D eigenvalue weighted by Gasteiger charge is 2.38. The average Bonchev–Trinajstić information content (AvgIpc) is 3.22. The van der Waals surface area contributed by atoms with E-state index in [9.17, 15) is 13.2 Å². The first-order valence-corrected chi connectivity index (χ1v) is 13.1. The first-order chi connectivity index (χ1) is 16.2. The van der Waals surface area contributed by atoms with Gasteiger partial charge in [-0.05, 0) is 48.0 Å². The molecule has 0 aromatic heterocycles. The third kappa shape index (κ3) is 5.01. The van der Waals surface area contributed by atoms with Crippen LogP contribution in [0.25, 0.3) is 6.08 Å². The highest BCUT2D eigenvalue weighted by molar-refractivity contribution is 8.42. The number of hydrogen-bond acceptors (Lipinski definition) is 8. The number of aliphatic imine (C=N–C) groups is 1. The number of benzene rings is 2. The Morgan fingerprint density at radius 1 is 1.21 bits per heavy atom. The number of halogens is 1. The summed E-state index contributed by atoms with van der Waals surface area (Å²) in [7, 11) is -3.61. The molecule has 0 bridgehead atoms. The van der Waals surface area contributed by atoms with E-state index < -0.39 is 15.7 Å². The number of amidine groups is 2.